The molecular weight excluding hydrogens is 376 g/mol. The third-order valence-electron chi connectivity index (χ3n) is 6.30. The first-order valence-electron chi connectivity index (χ1n) is 12.3. The summed E-state index contributed by atoms with van der Waals surface area (Å²) >= 11 is 0. The van der Waals surface area contributed by atoms with E-state index in [0.29, 0.717) is 5.92 Å². The second-order valence-electron chi connectivity index (χ2n) is 8.81. The van der Waals surface area contributed by atoms with Crippen LogP contribution in [0.3, 0.4) is 0 Å². The highest BCUT2D eigenvalue weighted by Crippen LogP contribution is 2.36. The van der Waals surface area contributed by atoms with Gasteiger partial charge >= 0.3 is 0 Å². The van der Waals surface area contributed by atoms with Crippen LogP contribution >= 0.6 is 0 Å². The Labute approximate surface area is 189 Å². The molecule has 0 N–H and O–H groups in total. The van der Waals surface area contributed by atoms with Crippen molar-refractivity contribution >= 4 is 0 Å². The van der Waals surface area contributed by atoms with E-state index in [0.717, 1.165) is 30.3 Å². The van der Waals surface area contributed by atoms with Crippen molar-refractivity contribution < 1.29 is 4.74 Å². The van der Waals surface area contributed by atoms with Gasteiger partial charge in [0.25, 0.3) is 0 Å². The molecule has 0 aromatic heterocycles. The van der Waals surface area contributed by atoms with Crippen LogP contribution in [0.25, 0.3) is 0 Å². The minimum atomic E-state index is 0.670. The first kappa shape index (κ1) is 23.2. The summed E-state index contributed by atoms with van der Waals surface area (Å²) in [5, 5.41) is 0. The largest absolute Gasteiger partial charge is 0.494 e. The van der Waals surface area contributed by atoms with Gasteiger partial charge in [0.15, 0.2) is 0 Å². The smallest absolute Gasteiger partial charge is 0.119 e. The lowest BCUT2D eigenvalue weighted by molar-refractivity contribution is 0.306. The molecule has 2 aromatic rings. The molecule has 0 bridgehead atoms. The molecule has 0 spiro atoms. The Morgan fingerprint density at radius 2 is 1.61 bits per heavy atom. The average Bonchev–Trinajstić information content (AvgIpc) is 2.82. The highest BCUT2D eigenvalue weighted by atomic mass is 16.5. The van der Waals surface area contributed by atoms with E-state index in [1.54, 1.807) is 0 Å². The van der Waals surface area contributed by atoms with E-state index in [4.69, 9.17) is 4.74 Å². The monoisotopic (exact) mass is 414 g/mol. The molecule has 0 atom stereocenters. The van der Waals surface area contributed by atoms with Gasteiger partial charge in [0.2, 0.25) is 0 Å². The number of benzene rings is 2. The van der Waals surface area contributed by atoms with Crippen molar-refractivity contribution in [1.29, 1.82) is 0 Å². The molecule has 1 aliphatic carbocycles. The molecule has 0 radical (unpaired) electrons. The second-order valence-corrected chi connectivity index (χ2v) is 8.81. The van der Waals surface area contributed by atoms with Gasteiger partial charge in [-0.05, 0) is 91.8 Å². The lowest BCUT2D eigenvalue weighted by Crippen LogP contribution is -2.11. The number of aryl methyl sites for hydroxylation is 1. The summed E-state index contributed by atoms with van der Waals surface area (Å²) in [6, 6.07) is 17.5. The summed E-state index contributed by atoms with van der Waals surface area (Å²) in [5.74, 6) is 8.80. The minimum absolute atomic E-state index is 0.670. The van der Waals surface area contributed by atoms with Crippen LogP contribution in [-0.2, 0) is 6.42 Å². The summed E-state index contributed by atoms with van der Waals surface area (Å²) in [4.78, 5) is 0. The van der Waals surface area contributed by atoms with Crippen LogP contribution in [0.4, 0.5) is 0 Å². The van der Waals surface area contributed by atoms with Gasteiger partial charge in [-0.15, -0.1) is 0 Å². The molecule has 3 rings (SSSR count). The quantitative estimate of drug-likeness (QED) is 0.297. The number of hydrogen-bond donors (Lipinski definition) is 0. The molecular formula is C30H38O. The SMILES string of the molecule is CCCCCOc1ccc(C#CC=C[C@H]2CC[C@H](c3ccc(CCC)cc3)CC2)cc1. The summed E-state index contributed by atoms with van der Waals surface area (Å²) in [6.45, 7) is 5.25. The van der Waals surface area contributed by atoms with Crippen LogP contribution in [0.1, 0.15) is 87.8 Å². The average molecular weight is 415 g/mol. The van der Waals surface area contributed by atoms with Crippen LogP contribution in [0.2, 0.25) is 0 Å². The Hall–Kier alpha value is -2.46. The van der Waals surface area contributed by atoms with Crippen LogP contribution in [0, 0.1) is 17.8 Å². The standard InChI is InChI=1S/C30H38O/c1-3-5-8-24-31-30-22-16-27(17-23-30)11-7-6-10-26-14-20-29(21-15-26)28-18-12-25(9-4-2)13-19-28/h6,10,12-13,16-19,22-23,26,29H,3-5,8-9,14-15,20-21,24H2,1-2H3/t26-,29-. The molecule has 0 aliphatic heterocycles. The Balaban J connectivity index is 1.41. The zero-order valence-electron chi connectivity index (χ0n) is 19.4. The number of hydrogen-bond acceptors (Lipinski definition) is 1. The van der Waals surface area contributed by atoms with Gasteiger partial charge < -0.3 is 4.74 Å². The Morgan fingerprint density at radius 3 is 2.29 bits per heavy atom. The predicted octanol–water partition coefficient (Wildman–Crippen LogP) is 8.09. The Bertz CT molecular complexity index is 840. The Kier molecular flexibility index (Phi) is 9.78. The molecule has 1 aliphatic rings. The zero-order chi connectivity index (χ0) is 21.7. The van der Waals surface area contributed by atoms with E-state index in [1.807, 2.05) is 24.3 Å². The highest BCUT2D eigenvalue weighted by molar-refractivity contribution is 5.40. The summed E-state index contributed by atoms with van der Waals surface area (Å²) in [6.07, 6.45) is 15.5. The van der Waals surface area contributed by atoms with Crippen molar-refractivity contribution in [2.24, 2.45) is 5.92 Å². The third-order valence-corrected chi connectivity index (χ3v) is 6.30. The first-order valence-corrected chi connectivity index (χ1v) is 12.3. The van der Waals surface area contributed by atoms with Gasteiger partial charge in [0.05, 0.1) is 6.61 Å². The van der Waals surface area contributed by atoms with Crippen molar-refractivity contribution in [3.63, 3.8) is 0 Å². The van der Waals surface area contributed by atoms with Gasteiger partial charge in [0.1, 0.15) is 5.75 Å². The van der Waals surface area contributed by atoms with E-state index in [-0.39, 0.29) is 0 Å². The molecule has 1 saturated carbocycles. The van der Waals surface area contributed by atoms with E-state index < -0.39 is 0 Å². The van der Waals surface area contributed by atoms with Crippen molar-refractivity contribution in [3.05, 3.63) is 77.4 Å². The van der Waals surface area contributed by atoms with Crippen LogP contribution in [0.5, 0.6) is 5.75 Å². The van der Waals surface area contributed by atoms with Gasteiger partial charge in [-0.1, -0.05) is 75.3 Å². The topological polar surface area (TPSA) is 9.23 Å². The lowest BCUT2D eigenvalue weighted by Gasteiger charge is -2.27. The minimum Gasteiger partial charge on any atom is -0.494 e. The maximum atomic E-state index is 5.76. The molecule has 2 aromatic carbocycles. The maximum Gasteiger partial charge on any atom is 0.119 e. The number of ether oxygens (including phenoxy) is 1. The molecule has 0 saturated heterocycles. The zero-order valence-corrected chi connectivity index (χ0v) is 19.4. The van der Waals surface area contributed by atoms with Crippen molar-refractivity contribution in [1.82, 2.24) is 0 Å². The van der Waals surface area contributed by atoms with Crippen molar-refractivity contribution in [2.75, 3.05) is 6.61 Å². The fourth-order valence-corrected chi connectivity index (χ4v) is 4.38. The molecule has 1 fully saturated rings. The van der Waals surface area contributed by atoms with E-state index in [9.17, 15) is 0 Å². The number of allylic oxidation sites excluding steroid dienone is 2. The lowest BCUT2D eigenvalue weighted by atomic mass is 9.78. The van der Waals surface area contributed by atoms with Gasteiger partial charge in [-0.25, -0.2) is 0 Å². The molecule has 1 heteroatoms. The van der Waals surface area contributed by atoms with Crippen LogP contribution in [-0.4, -0.2) is 6.61 Å². The summed E-state index contributed by atoms with van der Waals surface area (Å²) in [7, 11) is 0. The van der Waals surface area contributed by atoms with E-state index >= 15 is 0 Å². The fourth-order valence-electron chi connectivity index (χ4n) is 4.38. The molecule has 0 unspecified atom stereocenters. The molecule has 1 nitrogen and oxygen atoms in total. The van der Waals surface area contributed by atoms with Crippen LogP contribution < -0.4 is 4.74 Å². The molecule has 0 heterocycles. The van der Waals surface area contributed by atoms with Crippen molar-refractivity contribution in [3.8, 4) is 17.6 Å². The predicted molar refractivity (Wildman–Crippen MR) is 133 cm³/mol. The van der Waals surface area contributed by atoms with Crippen LogP contribution in [0.15, 0.2) is 60.7 Å². The normalized spacial score (nSPS) is 18.5. The molecule has 0 amide bonds. The highest BCUT2D eigenvalue weighted by Gasteiger charge is 2.20. The second kappa shape index (κ2) is 13.1. The van der Waals surface area contributed by atoms with Gasteiger partial charge in [-0.3, -0.25) is 0 Å². The molecule has 31 heavy (non-hydrogen) atoms. The Morgan fingerprint density at radius 1 is 0.871 bits per heavy atom. The number of unbranched alkanes of at least 4 members (excludes halogenated alkanes) is 2. The maximum absolute atomic E-state index is 5.76. The van der Waals surface area contributed by atoms with Gasteiger partial charge in [0, 0.05) is 5.56 Å². The molecule has 164 valence electrons. The summed E-state index contributed by atoms with van der Waals surface area (Å²) in [5.41, 5.74) is 4.04. The number of rotatable bonds is 9. The van der Waals surface area contributed by atoms with Crippen molar-refractivity contribution in [2.45, 2.75) is 77.6 Å². The third kappa shape index (κ3) is 7.95. The van der Waals surface area contributed by atoms with E-state index in [1.165, 1.54) is 62.5 Å². The fraction of sp³-hybridized carbons (Fsp3) is 0.467. The summed E-state index contributed by atoms with van der Waals surface area (Å²) < 4.78 is 5.76. The van der Waals surface area contributed by atoms with E-state index in [2.05, 4.69) is 62.1 Å². The first-order chi connectivity index (χ1) is 15.3. The van der Waals surface area contributed by atoms with Gasteiger partial charge in [-0.2, -0.15) is 0 Å².